The SMILES string of the molecule is CC1C[C@H](N(C)C)CC2(CC2)O1. The van der Waals surface area contributed by atoms with Gasteiger partial charge in [-0.3, -0.25) is 0 Å². The van der Waals surface area contributed by atoms with E-state index in [1.807, 2.05) is 0 Å². The zero-order chi connectivity index (χ0) is 8.77. The fraction of sp³-hybridized carbons (Fsp3) is 1.00. The maximum atomic E-state index is 5.94. The van der Waals surface area contributed by atoms with Crippen LogP contribution in [0.15, 0.2) is 0 Å². The number of hydrogen-bond donors (Lipinski definition) is 0. The Balaban J connectivity index is 1.99. The Morgan fingerprint density at radius 3 is 2.50 bits per heavy atom. The molecule has 2 aliphatic rings. The van der Waals surface area contributed by atoms with Crippen LogP contribution >= 0.6 is 0 Å². The van der Waals surface area contributed by atoms with Crippen molar-refractivity contribution in [2.75, 3.05) is 14.1 Å². The van der Waals surface area contributed by atoms with Gasteiger partial charge in [0.2, 0.25) is 0 Å². The molecule has 1 spiro atoms. The van der Waals surface area contributed by atoms with Crippen molar-refractivity contribution in [1.82, 2.24) is 4.90 Å². The van der Waals surface area contributed by atoms with Gasteiger partial charge in [0, 0.05) is 6.04 Å². The van der Waals surface area contributed by atoms with Crippen molar-refractivity contribution in [1.29, 1.82) is 0 Å². The Morgan fingerprint density at radius 2 is 2.00 bits per heavy atom. The van der Waals surface area contributed by atoms with E-state index >= 15 is 0 Å². The summed E-state index contributed by atoms with van der Waals surface area (Å²) in [6.45, 7) is 2.20. The van der Waals surface area contributed by atoms with E-state index in [2.05, 4.69) is 25.9 Å². The second kappa shape index (κ2) is 2.71. The van der Waals surface area contributed by atoms with Crippen molar-refractivity contribution in [2.24, 2.45) is 0 Å². The van der Waals surface area contributed by atoms with Crippen LogP contribution in [0.4, 0.5) is 0 Å². The molecule has 70 valence electrons. The van der Waals surface area contributed by atoms with Crippen LogP contribution in [0.5, 0.6) is 0 Å². The zero-order valence-electron chi connectivity index (χ0n) is 8.34. The molecule has 2 rings (SSSR count). The van der Waals surface area contributed by atoms with Crippen molar-refractivity contribution in [3.8, 4) is 0 Å². The summed E-state index contributed by atoms with van der Waals surface area (Å²) in [6.07, 6.45) is 5.51. The average Bonchev–Trinajstić information content (AvgIpc) is 2.67. The van der Waals surface area contributed by atoms with Crippen LogP contribution in [-0.4, -0.2) is 36.7 Å². The summed E-state index contributed by atoms with van der Waals surface area (Å²) in [5, 5.41) is 0. The molecule has 0 bridgehead atoms. The third kappa shape index (κ3) is 1.50. The largest absolute Gasteiger partial charge is 0.372 e. The Labute approximate surface area is 74.9 Å². The van der Waals surface area contributed by atoms with Crippen LogP contribution in [0.3, 0.4) is 0 Å². The summed E-state index contributed by atoms with van der Waals surface area (Å²) >= 11 is 0. The van der Waals surface area contributed by atoms with Gasteiger partial charge in [0.25, 0.3) is 0 Å². The van der Waals surface area contributed by atoms with Crippen LogP contribution in [0.25, 0.3) is 0 Å². The molecule has 2 heteroatoms. The average molecular weight is 169 g/mol. The summed E-state index contributed by atoms with van der Waals surface area (Å²) in [6, 6.07) is 0.747. The number of hydrogen-bond acceptors (Lipinski definition) is 2. The number of ether oxygens (including phenoxy) is 1. The lowest BCUT2D eigenvalue weighted by molar-refractivity contribution is -0.0835. The van der Waals surface area contributed by atoms with Crippen molar-refractivity contribution in [2.45, 2.75) is 50.4 Å². The fourth-order valence-corrected chi connectivity index (χ4v) is 2.27. The first-order valence-electron chi connectivity index (χ1n) is 4.96. The minimum absolute atomic E-state index is 0.312. The predicted molar refractivity (Wildman–Crippen MR) is 49.2 cm³/mol. The topological polar surface area (TPSA) is 12.5 Å². The fourth-order valence-electron chi connectivity index (χ4n) is 2.27. The smallest absolute Gasteiger partial charge is 0.0703 e. The maximum Gasteiger partial charge on any atom is 0.0703 e. The Bertz CT molecular complexity index is 175. The van der Waals surface area contributed by atoms with E-state index in [1.54, 1.807) is 0 Å². The molecule has 2 fully saturated rings. The molecular formula is C10H19NO. The first-order valence-corrected chi connectivity index (χ1v) is 4.96. The van der Waals surface area contributed by atoms with Gasteiger partial charge in [0.05, 0.1) is 11.7 Å². The molecule has 1 saturated heterocycles. The van der Waals surface area contributed by atoms with Crippen LogP contribution in [0, 0.1) is 0 Å². The highest BCUT2D eigenvalue weighted by Crippen LogP contribution is 2.48. The van der Waals surface area contributed by atoms with E-state index in [9.17, 15) is 0 Å². The predicted octanol–water partition coefficient (Wildman–Crippen LogP) is 1.65. The Kier molecular flexibility index (Phi) is 1.92. The lowest BCUT2D eigenvalue weighted by Crippen LogP contribution is -2.42. The highest BCUT2D eigenvalue weighted by Gasteiger charge is 2.49. The van der Waals surface area contributed by atoms with E-state index in [4.69, 9.17) is 4.74 Å². The second-order valence-electron chi connectivity index (χ2n) is 4.67. The Hall–Kier alpha value is -0.0800. The summed E-state index contributed by atoms with van der Waals surface area (Å²) in [7, 11) is 4.36. The summed E-state index contributed by atoms with van der Waals surface area (Å²) < 4.78 is 5.94. The lowest BCUT2D eigenvalue weighted by atomic mass is 9.97. The van der Waals surface area contributed by atoms with Gasteiger partial charge in [-0.2, -0.15) is 0 Å². The van der Waals surface area contributed by atoms with Crippen LogP contribution in [0.2, 0.25) is 0 Å². The Morgan fingerprint density at radius 1 is 1.33 bits per heavy atom. The van der Waals surface area contributed by atoms with Crippen LogP contribution < -0.4 is 0 Å². The van der Waals surface area contributed by atoms with E-state index < -0.39 is 0 Å². The summed E-state index contributed by atoms with van der Waals surface area (Å²) in [5.41, 5.74) is 0.312. The molecule has 0 radical (unpaired) electrons. The molecule has 2 nitrogen and oxygen atoms in total. The van der Waals surface area contributed by atoms with Gasteiger partial charge in [-0.05, 0) is 46.7 Å². The lowest BCUT2D eigenvalue weighted by Gasteiger charge is -2.37. The first-order chi connectivity index (χ1) is 5.61. The molecule has 0 aromatic heterocycles. The van der Waals surface area contributed by atoms with E-state index in [1.165, 1.54) is 25.7 Å². The van der Waals surface area contributed by atoms with Crippen LogP contribution in [0.1, 0.15) is 32.6 Å². The van der Waals surface area contributed by atoms with Gasteiger partial charge < -0.3 is 9.64 Å². The van der Waals surface area contributed by atoms with Crippen molar-refractivity contribution < 1.29 is 4.74 Å². The summed E-state index contributed by atoms with van der Waals surface area (Å²) in [5.74, 6) is 0. The first kappa shape index (κ1) is 8.52. The van der Waals surface area contributed by atoms with Crippen molar-refractivity contribution >= 4 is 0 Å². The molecule has 0 aromatic carbocycles. The third-order valence-corrected chi connectivity index (χ3v) is 3.20. The molecule has 0 aromatic rings. The molecule has 1 saturated carbocycles. The molecule has 1 aliphatic carbocycles. The normalized spacial score (nSPS) is 39.0. The molecule has 0 amide bonds. The zero-order valence-corrected chi connectivity index (χ0v) is 8.34. The molecule has 0 N–H and O–H groups in total. The van der Waals surface area contributed by atoms with Gasteiger partial charge >= 0.3 is 0 Å². The molecule has 2 atom stereocenters. The molecule has 12 heavy (non-hydrogen) atoms. The van der Waals surface area contributed by atoms with Gasteiger partial charge in [0.1, 0.15) is 0 Å². The molecule has 1 unspecified atom stereocenters. The van der Waals surface area contributed by atoms with Gasteiger partial charge in [0.15, 0.2) is 0 Å². The summed E-state index contributed by atoms with van der Waals surface area (Å²) in [4.78, 5) is 2.35. The minimum atomic E-state index is 0.312. The maximum absolute atomic E-state index is 5.94. The highest BCUT2D eigenvalue weighted by molar-refractivity contribution is 5.02. The van der Waals surface area contributed by atoms with Gasteiger partial charge in [-0.25, -0.2) is 0 Å². The highest BCUT2D eigenvalue weighted by atomic mass is 16.5. The molecular weight excluding hydrogens is 150 g/mol. The van der Waals surface area contributed by atoms with E-state index in [0.29, 0.717) is 11.7 Å². The third-order valence-electron chi connectivity index (χ3n) is 3.20. The van der Waals surface area contributed by atoms with E-state index in [0.717, 1.165) is 6.04 Å². The molecule has 1 heterocycles. The van der Waals surface area contributed by atoms with Gasteiger partial charge in [-0.1, -0.05) is 0 Å². The standard InChI is InChI=1S/C10H19NO/c1-8-6-9(11(2)3)7-10(12-8)4-5-10/h8-9H,4-7H2,1-3H3/t8?,9-/m0/s1. The van der Waals surface area contributed by atoms with Gasteiger partial charge in [-0.15, -0.1) is 0 Å². The monoisotopic (exact) mass is 169 g/mol. The van der Waals surface area contributed by atoms with Crippen molar-refractivity contribution in [3.05, 3.63) is 0 Å². The number of rotatable bonds is 1. The second-order valence-corrected chi connectivity index (χ2v) is 4.67. The number of nitrogens with zero attached hydrogens (tertiary/aromatic N) is 1. The van der Waals surface area contributed by atoms with E-state index in [-0.39, 0.29) is 0 Å². The molecule has 1 aliphatic heterocycles. The van der Waals surface area contributed by atoms with Crippen molar-refractivity contribution in [3.63, 3.8) is 0 Å². The quantitative estimate of drug-likeness (QED) is 0.592. The minimum Gasteiger partial charge on any atom is -0.372 e. The van der Waals surface area contributed by atoms with Crippen LogP contribution in [-0.2, 0) is 4.74 Å².